The molecule has 7 nitrogen and oxygen atoms in total. The van der Waals surface area contributed by atoms with Crippen LogP contribution in [-0.2, 0) is 5.41 Å². The summed E-state index contributed by atoms with van der Waals surface area (Å²) in [6, 6.07) is 12.6. The minimum atomic E-state index is -0.769. The van der Waals surface area contributed by atoms with Crippen LogP contribution in [0.25, 0.3) is 16.9 Å². The number of halogens is 3. The van der Waals surface area contributed by atoms with E-state index < -0.39 is 16.7 Å². The molecule has 0 amide bonds. The largest absolute Gasteiger partial charge is 0.349 e. The molecular formula is C23H17BrCl2N4O3S. The van der Waals surface area contributed by atoms with Crippen LogP contribution in [0.2, 0.25) is 10.0 Å². The third kappa shape index (κ3) is 4.53. The van der Waals surface area contributed by atoms with E-state index in [9.17, 15) is 14.4 Å². The summed E-state index contributed by atoms with van der Waals surface area (Å²) in [6.07, 6.45) is 0.990. The van der Waals surface area contributed by atoms with Crippen molar-refractivity contribution in [3.63, 3.8) is 0 Å². The highest BCUT2D eigenvalue weighted by molar-refractivity contribution is 9.09. The van der Waals surface area contributed by atoms with E-state index in [1.54, 1.807) is 12.1 Å². The van der Waals surface area contributed by atoms with E-state index in [2.05, 4.69) is 26.0 Å². The number of Topliss-reactive ketones (excluding diaryl/α,β-unsaturated/α-hetero) is 1. The molecular weight excluding hydrogens is 563 g/mol. The molecule has 4 rings (SSSR count). The highest BCUT2D eigenvalue weighted by Crippen LogP contribution is 2.44. The van der Waals surface area contributed by atoms with Gasteiger partial charge in [0.25, 0.3) is 5.56 Å². The smallest absolute Gasteiger partial charge is 0.292 e. The maximum absolute atomic E-state index is 12.7. The number of carbonyl (C=O) groups excluding carboxylic acids is 1. The van der Waals surface area contributed by atoms with Crippen molar-refractivity contribution in [2.45, 2.75) is 19.3 Å². The fourth-order valence-corrected chi connectivity index (χ4v) is 6.10. The third-order valence-electron chi connectivity index (χ3n) is 5.19. The zero-order chi connectivity index (χ0) is 24.6. The molecule has 2 heterocycles. The fourth-order valence-electron chi connectivity index (χ4n) is 3.55. The van der Waals surface area contributed by atoms with E-state index >= 15 is 0 Å². The Hall–Kier alpha value is -2.59. The van der Waals surface area contributed by atoms with Gasteiger partial charge in [0.2, 0.25) is 0 Å². The molecule has 0 bridgehead atoms. The van der Waals surface area contributed by atoms with Gasteiger partial charge < -0.3 is 0 Å². The van der Waals surface area contributed by atoms with Gasteiger partial charge in [-0.3, -0.25) is 14.6 Å². The Morgan fingerprint density at radius 2 is 1.79 bits per heavy atom. The summed E-state index contributed by atoms with van der Waals surface area (Å²) in [5.74, 6) is -0.0746. The van der Waals surface area contributed by atoms with Gasteiger partial charge in [0.1, 0.15) is 11.2 Å². The number of H-pyrrole nitrogens is 1. The zero-order valence-electron chi connectivity index (χ0n) is 17.9. The van der Waals surface area contributed by atoms with E-state index in [0.717, 1.165) is 16.4 Å². The second-order valence-corrected chi connectivity index (χ2v) is 10.3. The van der Waals surface area contributed by atoms with Crippen LogP contribution in [0.1, 0.15) is 34.1 Å². The number of nitrogens with one attached hydrogen (secondary N) is 1. The van der Waals surface area contributed by atoms with Gasteiger partial charge in [-0.25, -0.2) is 9.78 Å². The van der Waals surface area contributed by atoms with Gasteiger partial charge in [0, 0.05) is 26.6 Å². The summed E-state index contributed by atoms with van der Waals surface area (Å²) in [4.78, 5) is 43.7. The van der Waals surface area contributed by atoms with Crippen molar-refractivity contribution in [3.8, 4) is 16.9 Å². The van der Waals surface area contributed by atoms with Crippen molar-refractivity contribution < 1.29 is 4.79 Å². The molecule has 0 aliphatic carbocycles. The van der Waals surface area contributed by atoms with E-state index in [0.29, 0.717) is 26.8 Å². The predicted octanol–water partition coefficient (Wildman–Crippen LogP) is 5.25. The number of ketones is 1. The quantitative estimate of drug-likeness (QED) is 0.248. The number of benzene rings is 2. The first kappa shape index (κ1) is 24.5. The molecule has 2 aromatic carbocycles. The minimum absolute atomic E-state index is 0.0746. The number of hydrogen-bond acceptors (Lipinski definition) is 6. The first-order valence-electron chi connectivity index (χ1n) is 9.98. The Morgan fingerprint density at radius 3 is 2.38 bits per heavy atom. The second-order valence-electron chi connectivity index (χ2n) is 7.88. The van der Waals surface area contributed by atoms with Gasteiger partial charge >= 0.3 is 5.69 Å². The molecule has 34 heavy (non-hydrogen) atoms. The first-order chi connectivity index (χ1) is 16.1. The number of rotatable bonds is 6. The fraction of sp³-hybridized carbons (Fsp3) is 0.174. The molecule has 0 saturated carbocycles. The van der Waals surface area contributed by atoms with Crippen molar-refractivity contribution in [3.05, 3.63) is 95.0 Å². The second kappa shape index (κ2) is 9.58. The van der Waals surface area contributed by atoms with Crippen LogP contribution < -0.4 is 11.2 Å². The maximum Gasteiger partial charge on any atom is 0.349 e. The van der Waals surface area contributed by atoms with Crippen molar-refractivity contribution in [1.29, 1.82) is 0 Å². The van der Waals surface area contributed by atoms with Crippen LogP contribution in [0, 0.1) is 0 Å². The molecule has 11 heteroatoms. The number of aromatic amines is 1. The molecule has 0 fully saturated rings. The Labute approximate surface area is 216 Å². The molecule has 2 aromatic heterocycles. The number of nitrogens with zero attached hydrogens (tertiary/aromatic N) is 3. The van der Waals surface area contributed by atoms with Crippen LogP contribution in [0.15, 0.2) is 58.3 Å². The van der Waals surface area contributed by atoms with Crippen LogP contribution in [-0.4, -0.2) is 30.9 Å². The van der Waals surface area contributed by atoms with Crippen LogP contribution in [0.3, 0.4) is 0 Å². The number of carbonyl (C=O) groups is 1. The van der Waals surface area contributed by atoms with Gasteiger partial charge in [-0.2, -0.15) is 9.78 Å². The van der Waals surface area contributed by atoms with E-state index in [4.69, 9.17) is 28.2 Å². The van der Waals surface area contributed by atoms with Crippen molar-refractivity contribution in [2.24, 2.45) is 0 Å². The zero-order valence-corrected chi connectivity index (χ0v) is 21.8. The highest BCUT2D eigenvalue weighted by Gasteiger charge is 2.34. The third-order valence-corrected chi connectivity index (χ3v) is 7.72. The van der Waals surface area contributed by atoms with E-state index in [1.807, 2.05) is 44.2 Å². The van der Waals surface area contributed by atoms with Crippen LogP contribution >= 0.6 is 50.5 Å². The Morgan fingerprint density at radius 1 is 1.15 bits per heavy atom. The summed E-state index contributed by atoms with van der Waals surface area (Å²) in [5, 5.41) is 5.26. The van der Waals surface area contributed by atoms with Gasteiger partial charge in [-0.05, 0) is 26.0 Å². The van der Waals surface area contributed by atoms with Crippen molar-refractivity contribution >= 4 is 56.3 Å². The average molecular weight is 580 g/mol. The topological polar surface area (TPSA) is 97.7 Å². The highest BCUT2D eigenvalue weighted by atomic mass is 79.9. The predicted molar refractivity (Wildman–Crippen MR) is 138 cm³/mol. The molecule has 0 aliphatic rings. The summed E-state index contributed by atoms with van der Waals surface area (Å²) in [7, 11) is 0. The first-order valence-corrected chi connectivity index (χ1v) is 12.7. The standard InChI is InChI=1S/C23H17BrCl2N4O3S/c1-23(2,21-29-19(12-6-4-3-5-7-12)20(34-21)16(31)10-24)18-14(25)8-13(9-15(18)26)30-22(33)28-17(32)11-27-30/h3-9,11H,10H2,1-2H3,(H,28,32,33). The van der Waals surface area contributed by atoms with Gasteiger partial charge in [-0.1, -0.05) is 69.5 Å². The Balaban J connectivity index is 1.85. The summed E-state index contributed by atoms with van der Waals surface area (Å²) >= 11 is 17.9. The SMILES string of the molecule is CC(C)(c1nc(-c2ccccc2)c(C(=O)CBr)s1)c1c(Cl)cc(-n2ncc(=O)[nH]c2=O)cc1Cl. The Kier molecular flexibility index (Phi) is 6.91. The average Bonchev–Trinajstić information content (AvgIpc) is 3.25. The number of thiazole rings is 1. The van der Waals surface area contributed by atoms with Crippen molar-refractivity contribution in [2.75, 3.05) is 5.33 Å². The lowest BCUT2D eigenvalue weighted by Gasteiger charge is -2.25. The summed E-state index contributed by atoms with van der Waals surface area (Å²) in [5.41, 5.74) is 0.236. The summed E-state index contributed by atoms with van der Waals surface area (Å²) < 4.78 is 1.000. The molecule has 0 atom stereocenters. The molecule has 0 unspecified atom stereocenters. The van der Waals surface area contributed by atoms with Crippen molar-refractivity contribution in [1.82, 2.24) is 19.7 Å². The lowest BCUT2D eigenvalue weighted by atomic mass is 9.85. The molecule has 174 valence electrons. The van der Waals surface area contributed by atoms with Crippen LogP contribution in [0.4, 0.5) is 0 Å². The normalized spacial score (nSPS) is 11.6. The summed E-state index contributed by atoms with van der Waals surface area (Å²) in [6.45, 7) is 3.83. The molecule has 0 saturated heterocycles. The Bertz CT molecular complexity index is 1490. The maximum atomic E-state index is 12.7. The van der Waals surface area contributed by atoms with Gasteiger partial charge in [0.05, 0.1) is 21.6 Å². The number of alkyl halides is 1. The van der Waals surface area contributed by atoms with Gasteiger partial charge in [-0.15, -0.1) is 11.3 Å². The van der Waals surface area contributed by atoms with Gasteiger partial charge in [0.15, 0.2) is 5.78 Å². The molecule has 0 aliphatic heterocycles. The van der Waals surface area contributed by atoms with E-state index in [1.165, 1.54) is 11.3 Å². The molecule has 0 radical (unpaired) electrons. The number of aromatic nitrogens is 4. The molecule has 4 aromatic rings. The number of hydrogen-bond donors (Lipinski definition) is 1. The van der Waals surface area contributed by atoms with E-state index in [-0.39, 0.29) is 21.2 Å². The molecule has 0 spiro atoms. The lowest BCUT2D eigenvalue weighted by Crippen LogP contribution is -2.30. The lowest BCUT2D eigenvalue weighted by molar-refractivity contribution is 0.102. The monoisotopic (exact) mass is 578 g/mol. The minimum Gasteiger partial charge on any atom is -0.292 e. The molecule has 1 N–H and O–H groups in total. The van der Waals surface area contributed by atoms with Crippen LogP contribution in [0.5, 0.6) is 0 Å².